The quantitative estimate of drug-likeness (QED) is 0.379. The van der Waals surface area contributed by atoms with Gasteiger partial charge in [0.1, 0.15) is 0 Å². The maximum absolute atomic E-state index is 10.1. The molecule has 0 rings (SSSR count). The first-order valence-corrected chi connectivity index (χ1v) is 1.97. The van der Waals surface area contributed by atoms with Crippen LogP contribution in [0.4, 0.5) is 0 Å². The summed E-state index contributed by atoms with van der Waals surface area (Å²) in [5, 5.41) is 0. The molecule has 0 saturated carbocycles. The van der Waals surface area contributed by atoms with Crippen LogP contribution in [0.1, 0.15) is 12.8 Å². The predicted octanol–water partition coefficient (Wildman–Crippen LogP) is 0.274. The first kappa shape index (κ1) is 22.4. The van der Waals surface area contributed by atoms with E-state index in [1.165, 1.54) is 6.29 Å². The molecule has 0 heterocycles. The van der Waals surface area contributed by atoms with E-state index in [2.05, 4.69) is 6.92 Å². The summed E-state index contributed by atoms with van der Waals surface area (Å²) in [6.07, 6.45) is 1.56. The fourth-order valence-corrected chi connectivity index (χ4v) is 0.169. The minimum Gasteiger partial charge on any atom is -0.541 e. The Labute approximate surface area is 105 Å². The summed E-state index contributed by atoms with van der Waals surface area (Å²) in [6.45, 7) is 3.28. The standard InChI is InChI=1S/C5H6O2.Rf.2Y/c1-2-5(7)3-4-6;;;/h1-3H2;;;/q-2;;;. The van der Waals surface area contributed by atoms with Gasteiger partial charge in [0.15, 0.2) is 0 Å². The Kier molecular flexibility index (Phi) is 36.5. The van der Waals surface area contributed by atoms with Gasteiger partial charge in [0, 0.05) is 65.4 Å². The van der Waals surface area contributed by atoms with Crippen LogP contribution in [-0.2, 0) is 75.0 Å². The molecule has 0 bridgehead atoms. The van der Waals surface area contributed by atoms with E-state index in [1.807, 2.05) is 0 Å². The van der Waals surface area contributed by atoms with Gasteiger partial charge < -0.3 is 16.5 Å². The van der Waals surface area contributed by atoms with Gasteiger partial charge in [0.05, 0.1) is 5.78 Å². The molecule has 0 saturated heterocycles. The largest absolute Gasteiger partial charge is 0.541 e. The average molecular weight is 543 g/mol. The molecule has 0 aromatic rings. The first-order chi connectivity index (χ1) is 3.31. The minimum atomic E-state index is -0.157. The van der Waals surface area contributed by atoms with E-state index < -0.39 is 0 Å². The van der Waals surface area contributed by atoms with Crippen LogP contribution < -0.4 is 0 Å². The van der Waals surface area contributed by atoms with Crippen LogP contribution in [-0.4, -0.2) is 12.1 Å². The zero-order valence-corrected chi connectivity index (χ0v) is 17.9. The fraction of sp³-hybridized carbons (Fsp3) is 0.400. The van der Waals surface area contributed by atoms with Gasteiger partial charge in [-0.3, -0.25) is 6.29 Å². The van der Waals surface area contributed by atoms with Crippen molar-refractivity contribution in [2.24, 2.45) is 0 Å². The Hall–Kier alpha value is 0.548. The van der Waals surface area contributed by atoms with Gasteiger partial charge in [-0.2, -0.15) is 0 Å². The van der Waals surface area contributed by atoms with Crippen LogP contribution in [0.3, 0.4) is 0 Å². The zero-order valence-electron chi connectivity index (χ0n) is 5.80. The minimum absolute atomic E-state index is 0. The van der Waals surface area contributed by atoms with E-state index in [-0.39, 0.29) is 84.0 Å². The van der Waals surface area contributed by atoms with Crippen LogP contribution in [0.15, 0.2) is 0 Å². The van der Waals surface area contributed by atoms with Gasteiger partial charge in [-0.05, 0) is 0 Å². The third-order valence-electron chi connectivity index (χ3n) is 0.548. The second-order valence-corrected chi connectivity index (χ2v) is 1.11. The topological polar surface area (TPSA) is 34.1 Å². The normalized spacial score (nSPS) is 5.70. The molecule has 0 unspecified atom stereocenters. The number of carbonyl (C=O) groups is 1. The molecular formula is C5H6O2RfY2-2. The third-order valence-corrected chi connectivity index (χ3v) is 0.548. The molecule has 0 aromatic carbocycles. The fourth-order valence-electron chi connectivity index (χ4n) is 0.169. The molecule has 10 heavy (non-hydrogen) atoms. The van der Waals surface area contributed by atoms with Gasteiger partial charge in [-0.15, -0.1) is 6.42 Å². The number of ketones is 1. The average Bonchev–Trinajstić information content (AvgIpc) is 1.68. The van der Waals surface area contributed by atoms with Crippen molar-refractivity contribution in [2.75, 3.05) is 0 Å². The van der Waals surface area contributed by atoms with Crippen molar-refractivity contribution in [3.63, 3.8) is 0 Å². The summed E-state index contributed by atoms with van der Waals surface area (Å²) in [6, 6.07) is 0. The van der Waals surface area contributed by atoms with Crippen molar-refractivity contribution in [3.8, 4) is 0 Å². The maximum atomic E-state index is 10.1. The summed E-state index contributed by atoms with van der Waals surface area (Å²) < 4.78 is 0. The first-order valence-electron chi connectivity index (χ1n) is 1.97. The number of hydrogen-bond donors (Lipinski definition) is 0. The molecule has 0 atom stereocenters. The van der Waals surface area contributed by atoms with Gasteiger partial charge in [-0.1, -0.05) is 6.42 Å². The molecule has 0 aliphatic heterocycles. The smallest absolute Gasteiger partial charge is 0.0768 e. The number of hydrogen-bond acceptors (Lipinski definition) is 2. The zero-order chi connectivity index (χ0) is 5.70. The Balaban J connectivity index is -0.0000000600. The Morgan fingerprint density at radius 1 is 1.40 bits per heavy atom. The van der Waals surface area contributed by atoms with E-state index in [4.69, 9.17) is 0 Å². The van der Waals surface area contributed by atoms with Crippen LogP contribution in [0, 0.1) is 6.92 Å². The second-order valence-electron chi connectivity index (χ2n) is 1.11. The molecule has 2 radical (unpaired) electrons. The van der Waals surface area contributed by atoms with Crippen molar-refractivity contribution in [3.05, 3.63) is 6.92 Å². The molecule has 0 N–H and O–H groups in total. The van der Waals surface area contributed by atoms with Crippen molar-refractivity contribution in [1.29, 1.82) is 0 Å². The van der Waals surface area contributed by atoms with Gasteiger partial charge >= 0.3 is 0 Å². The summed E-state index contributed by atoms with van der Waals surface area (Å²) >= 11 is 0. The Morgan fingerprint density at radius 3 is 1.90 bits per heavy atom. The molecular weight excluding hydrogens is 537 g/mol. The number of Topliss-reactive ketones (excluding diaryl/α,β-unsaturated/α-hetero) is 1. The molecule has 0 spiro atoms. The maximum Gasteiger partial charge on any atom is 0.0768 e. The molecule has 5 heteroatoms. The third kappa shape index (κ3) is 15.8. The molecule has 0 aliphatic rings. The van der Waals surface area contributed by atoms with Crippen molar-refractivity contribution in [1.82, 2.24) is 0 Å². The summed E-state index contributed by atoms with van der Waals surface area (Å²) in [5.74, 6) is -0.157. The molecule has 48 valence electrons. The predicted molar refractivity (Wildman–Crippen MR) is 25.3 cm³/mol. The molecule has 0 amide bonds. The molecule has 0 aromatic heterocycles. The van der Waals surface area contributed by atoms with Gasteiger partial charge in [-0.25, -0.2) is 0 Å². The van der Waals surface area contributed by atoms with Gasteiger partial charge in [0.25, 0.3) is 0 Å². The van der Waals surface area contributed by atoms with Crippen molar-refractivity contribution in [2.45, 2.75) is 12.8 Å². The SMILES string of the molecule is [CH2-]CC(=O)C[C-]=O.[Rf].[Y].[Y]. The van der Waals surface area contributed by atoms with E-state index in [1.54, 1.807) is 0 Å². The van der Waals surface area contributed by atoms with E-state index in [9.17, 15) is 9.59 Å². The molecule has 0 fully saturated rings. The van der Waals surface area contributed by atoms with Crippen molar-refractivity contribution >= 4 is 12.1 Å². The Bertz CT molecular complexity index is 87.7. The van der Waals surface area contributed by atoms with Crippen LogP contribution in [0.25, 0.3) is 0 Å². The van der Waals surface area contributed by atoms with Crippen molar-refractivity contribution < 1.29 is 75.0 Å². The summed E-state index contributed by atoms with van der Waals surface area (Å²) in [4.78, 5) is 19.5. The van der Waals surface area contributed by atoms with E-state index in [0.29, 0.717) is 0 Å². The monoisotopic (exact) mass is 543 g/mol. The van der Waals surface area contributed by atoms with E-state index in [0.717, 1.165) is 0 Å². The summed E-state index contributed by atoms with van der Waals surface area (Å²) in [5.41, 5.74) is 0. The molecule has 2 nitrogen and oxygen atoms in total. The molecule has 0 aliphatic carbocycles. The summed E-state index contributed by atoms with van der Waals surface area (Å²) in [7, 11) is 0. The van der Waals surface area contributed by atoms with Crippen LogP contribution in [0.5, 0.6) is 0 Å². The number of rotatable bonds is 3. The van der Waals surface area contributed by atoms with Crippen LogP contribution >= 0.6 is 0 Å². The number of carbonyl (C=O) groups excluding carboxylic acids is 2. The van der Waals surface area contributed by atoms with Crippen LogP contribution in [0.2, 0.25) is 0 Å². The Morgan fingerprint density at radius 2 is 1.80 bits per heavy atom. The van der Waals surface area contributed by atoms with Gasteiger partial charge in [0.2, 0.25) is 0 Å². The van der Waals surface area contributed by atoms with E-state index >= 15 is 0 Å². The second kappa shape index (κ2) is 16.3.